The monoisotopic (exact) mass is 330 g/mol. The van der Waals surface area contributed by atoms with E-state index >= 15 is 0 Å². The van der Waals surface area contributed by atoms with E-state index in [0.717, 1.165) is 4.90 Å². The molecule has 3 nitrogen and oxygen atoms in total. The molecule has 0 radical (unpaired) electrons. The molecule has 0 saturated heterocycles. The molecule has 0 saturated carbocycles. The van der Waals surface area contributed by atoms with Gasteiger partial charge in [0.2, 0.25) is 5.91 Å². The molecule has 0 aliphatic rings. The zero-order valence-electron chi connectivity index (χ0n) is 12.1. The minimum absolute atomic E-state index is 0.0686. The van der Waals surface area contributed by atoms with Gasteiger partial charge in [-0.1, -0.05) is 29.3 Å². The quantitative estimate of drug-likeness (QED) is 0.812. The Morgan fingerprint density at radius 3 is 2.82 bits per heavy atom. The van der Waals surface area contributed by atoms with Gasteiger partial charge in [-0.2, -0.15) is 5.26 Å². The minimum atomic E-state index is -0.0686. The summed E-state index contributed by atoms with van der Waals surface area (Å²) in [6.07, 6.45) is 0.413. The summed E-state index contributed by atoms with van der Waals surface area (Å²) in [5, 5.41) is 11.9. The van der Waals surface area contributed by atoms with E-state index in [0.29, 0.717) is 28.4 Å². The molecular formula is C17H15ClN2OS. The second-order valence-electron chi connectivity index (χ2n) is 4.77. The van der Waals surface area contributed by atoms with Gasteiger partial charge in [-0.3, -0.25) is 4.79 Å². The Morgan fingerprint density at radius 1 is 1.32 bits per heavy atom. The van der Waals surface area contributed by atoms with E-state index in [1.165, 1.54) is 5.56 Å². The molecule has 0 unspecified atom stereocenters. The zero-order chi connectivity index (χ0) is 15.9. The smallest absolute Gasteiger partial charge is 0.225 e. The van der Waals surface area contributed by atoms with Crippen LogP contribution in [-0.2, 0) is 4.79 Å². The lowest BCUT2D eigenvalue weighted by Crippen LogP contribution is -2.12. The SMILES string of the molecule is Cc1cccc(SCCC(=O)Nc2ccc(C#N)c(Cl)c2)c1. The summed E-state index contributed by atoms with van der Waals surface area (Å²) in [6.45, 7) is 2.05. The van der Waals surface area contributed by atoms with E-state index in [1.807, 2.05) is 31.2 Å². The van der Waals surface area contributed by atoms with Gasteiger partial charge in [0.25, 0.3) is 0 Å². The van der Waals surface area contributed by atoms with Gasteiger partial charge in [-0.05, 0) is 37.3 Å². The van der Waals surface area contributed by atoms with Crippen molar-refractivity contribution in [2.75, 3.05) is 11.1 Å². The summed E-state index contributed by atoms with van der Waals surface area (Å²) in [4.78, 5) is 13.1. The standard InChI is InChI=1S/C17H15ClN2OS/c1-12-3-2-4-15(9-12)22-8-7-17(21)20-14-6-5-13(11-19)16(18)10-14/h2-6,9-10H,7-8H2,1H3,(H,20,21). The molecule has 0 spiro atoms. The molecule has 0 atom stereocenters. The molecule has 0 fully saturated rings. The fourth-order valence-electron chi connectivity index (χ4n) is 1.87. The number of rotatable bonds is 5. The van der Waals surface area contributed by atoms with Crippen molar-refractivity contribution in [3.05, 3.63) is 58.6 Å². The lowest BCUT2D eigenvalue weighted by atomic mass is 10.2. The highest BCUT2D eigenvalue weighted by Crippen LogP contribution is 2.22. The summed E-state index contributed by atoms with van der Waals surface area (Å²) < 4.78 is 0. The van der Waals surface area contributed by atoms with Crippen molar-refractivity contribution >= 4 is 35.0 Å². The first-order valence-electron chi connectivity index (χ1n) is 6.77. The van der Waals surface area contributed by atoms with Crippen LogP contribution in [0.15, 0.2) is 47.4 Å². The number of aryl methyl sites for hydroxylation is 1. The van der Waals surface area contributed by atoms with Crippen molar-refractivity contribution in [2.24, 2.45) is 0 Å². The van der Waals surface area contributed by atoms with Crippen LogP contribution in [0.2, 0.25) is 5.02 Å². The predicted molar refractivity (Wildman–Crippen MR) is 91.3 cm³/mol. The Morgan fingerprint density at radius 2 is 2.14 bits per heavy atom. The average molecular weight is 331 g/mol. The average Bonchev–Trinajstić information content (AvgIpc) is 2.47. The molecule has 0 bridgehead atoms. The second kappa shape index (κ2) is 7.88. The topological polar surface area (TPSA) is 52.9 Å². The molecule has 0 aliphatic heterocycles. The number of amides is 1. The first-order valence-corrected chi connectivity index (χ1v) is 8.14. The lowest BCUT2D eigenvalue weighted by molar-refractivity contribution is -0.115. The van der Waals surface area contributed by atoms with Gasteiger partial charge in [0.1, 0.15) is 6.07 Å². The number of hydrogen-bond donors (Lipinski definition) is 1. The molecule has 22 heavy (non-hydrogen) atoms. The summed E-state index contributed by atoms with van der Waals surface area (Å²) in [5.41, 5.74) is 2.21. The minimum Gasteiger partial charge on any atom is -0.326 e. The van der Waals surface area contributed by atoms with E-state index in [9.17, 15) is 4.79 Å². The van der Waals surface area contributed by atoms with E-state index in [-0.39, 0.29) is 5.91 Å². The van der Waals surface area contributed by atoms with Crippen molar-refractivity contribution in [1.29, 1.82) is 5.26 Å². The number of carbonyl (C=O) groups is 1. The molecular weight excluding hydrogens is 316 g/mol. The Labute approximate surface area is 139 Å². The van der Waals surface area contributed by atoms with Crippen molar-refractivity contribution < 1.29 is 4.79 Å². The molecule has 112 valence electrons. The van der Waals surface area contributed by atoms with Crippen molar-refractivity contribution in [3.63, 3.8) is 0 Å². The van der Waals surface area contributed by atoms with Crippen LogP contribution in [-0.4, -0.2) is 11.7 Å². The lowest BCUT2D eigenvalue weighted by Gasteiger charge is -2.06. The summed E-state index contributed by atoms with van der Waals surface area (Å²) in [7, 11) is 0. The fraction of sp³-hybridized carbons (Fsp3) is 0.176. The fourth-order valence-corrected chi connectivity index (χ4v) is 3.06. The van der Waals surface area contributed by atoms with E-state index < -0.39 is 0 Å². The number of carbonyl (C=O) groups excluding carboxylic acids is 1. The van der Waals surface area contributed by atoms with Gasteiger partial charge in [-0.15, -0.1) is 11.8 Å². The maximum absolute atomic E-state index is 11.9. The molecule has 0 aromatic heterocycles. The Hall–Kier alpha value is -1.96. The maximum Gasteiger partial charge on any atom is 0.225 e. The van der Waals surface area contributed by atoms with Crippen molar-refractivity contribution in [3.8, 4) is 6.07 Å². The Bertz CT molecular complexity index is 725. The molecule has 2 rings (SSSR count). The van der Waals surface area contributed by atoms with E-state index in [2.05, 4.69) is 11.4 Å². The molecule has 0 aliphatic carbocycles. The van der Waals surface area contributed by atoms with Crippen LogP contribution < -0.4 is 5.32 Å². The number of benzene rings is 2. The first-order chi connectivity index (χ1) is 10.6. The van der Waals surface area contributed by atoms with Crippen LogP contribution in [0, 0.1) is 18.3 Å². The Balaban J connectivity index is 1.83. The molecule has 2 aromatic rings. The van der Waals surface area contributed by atoms with E-state index in [1.54, 1.807) is 30.0 Å². The van der Waals surface area contributed by atoms with Gasteiger partial charge in [0.15, 0.2) is 0 Å². The van der Waals surface area contributed by atoms with Crippen LogP contribution in [0.25, 0.3) is 0 Å². The third kappa shape index (κ3) is 4.80. The third-order valence-electron chi connectivity index (χ3n) is 2.96. The molecule has 1 amide bonds. The second-order valence-corrected chi connectivity index (χ2v) is 6.35. The third-order valence-corrected chi connectivity index (χ3v) is 4.27. The number of halogens is 1. The van der Waals surface area contributed by atoms with Gasteiger partial charge in [0.05, 0.1) is 10.6 Å². The van der Waals surface area contributed by atoms with Gasteiger partial charge >= 0.3 is 0 Å². The normalized spacial score (nSPS) is 10.0. The highest BCUT2D eigenvalue weighted by molar-refractivity contribution is 7.99. The van der Waals surface area contributed by atoms with Gasteiger partial charge in [-0.25, -0.2) is 0 Å². The molecule has 0 heterocycles. The molecule has 2 aromatic carbocycles. The number of nitrogens with zero attached hydrogens (tertiary/aromatic N) is 1. The van der Waals surface area contributed by atoms with Crippen LogP contribution in [0.4, 0.5) is 5.69 Å². The highest BCUT2D eigenvalue weighted by Gasteiger charge is 2.06. The van der Waals surface area contributed by atoms with Crippen LogP contribution in [0.3, 0.4) is 0 Å². The highest BCUT2D eigenvalue weighted by atomic mass is 35.5. The molecule has 5 heteroatoms. The number of thioether (sulfide) groups is 1. The number of hydrogen-bond acceptors (Lipinski definition) is 3. The van der Waals surface area contributed by atoms with Crippen LogP contribution in [0.1, 0.15) is 17.5 Å². The number of nitrogens with one attached hydrogen (secondary N) is 1. The maximum atomic E-state index is 11.9. The number of anilines is 1. The van der Waals surface area contributed by atoms with Crippen molar-refractivity contribution in [1.82, 2.24) is 0 Å². The van der Waals surface area contributed by atoms with E-state index in [4.69, 9.17) is 16.9 Å². The molecule has 1 N–H and O–H groups in total. The van der Waals surface area contributed by atoms with Crippen LogP contribution in [0.5, 0.6) is 0 Å². The predicted octanol–water partition coefficient (Wildman–Crippen LogP) is 4.64. The largest absolute Gasteiger partial charge is 0.326 e. The van der Waals surface area contributed by atoms with Crippen LogP contribution >= 0.6 is 23.4 Å². The summed E-state index contributed by atoms with van der Waals surface area (Å²) in [5.74, 6) is 0.639. The van der Waals surface area contributed by atoms with Crippen molar-refractivity contribution in [2.45, 2.75) is 18.2 Å². The number of nitriles is 1. The summed E-state index contributed by atoms with van der Waals surface area (Å²) in [6, 6.07) is 15.0. The van der Waals surface area contributed by atoms with Gasteiger partial charge < -0.3 is 5.32 Å². The first kappa shape index (κ1) is 16.4. The summed E-state index contributed by atoms with van der Waals surface area (Å²) >= 11 is 7.59. The van der Waals surface area contributed by atoms with Gasteiger partial charge in [0, 0.05) is 22.8 Å². The zero-order valence-corrected chi connectivity index (χ0v) is 13.7. The Kier molecular flexibility index (Phi) is 5.88.